The van der Waals surface area contributed by atoms with Crippen molar-refractivity contribution in [1.29, 1.82) is 0 Å². The topological polar surface area (TPSA) is 95.2 Å². The Bertz CT molecular complexity index is 766. The molecule has 21 heavy (non-hydrogen) atoms. The van der Waals surface area contributed by atoms with Gasteiger partial charge in [0.05, 0.1) is 18.2 Å². The Labute approximate surface area is 119 Å². The van der Waals surface area contributed by atoms with E-state index in [1.54, 1.807) is 6.07 Å². The minimum Gasteiger partial charge on any atom is -0.479 e. The molecule has 6 nitrogen and oxygen atoms in total. The van der Waals surface area contributed by atoms with Crippen LogP contribution in [0.15, 0.2) is 35.4 Å². The predicted molar refractivity (Wildman–Crippen MR) is 70.4 cm³/mol. The van der Waals surface area contributed by atoms with E-state index in [1.165, 1.54) is 25.3 Å². The lowest BCUT2D eigenvalue weighted by atomic mass is 10.1. The Morgan fingerprint density at radius 2 is 1.95 bits per heavy atom. The number of aromatic nitrogens is 2. The van der Waals surface area contributed by atoms with Gasteiger partial charge in [-0.05, 0) is 6.07 Å². The van der Waals surface area contributed by atoms with Crippen LogP contribution in [0.5, 0.6) is 5.88 Å². The van der Waals surface area contributed by atoms with E-state index in [-0.39, 0.29) is 22.0 Å². The fourth-order valence-corrected chi connectivity index (χ4v) is 2.47. The van der Waals surface area contributed by atoms with E-state index in [0.717, 1.165) is 6.20 Å². The molecule has 1 aromatic heterocycles. The fraction of sp³-hybridized carbons (Fsp3) is 0.167. The Balaban J connectivity index is 2.68. The van der Waals surface area contributed by atoms with E-state index in [1.807, 2.05) is 0 Å². The highest BCUT2D eigenvalue weighted by Crippen LogP contribution is 2.32. The molecule has 9 heteroatoms. The maximum Gasteiger partial charge on any atom is 0.282 e. The number of benzene rings is 1. The van der Waals surface area contributed by atoms with Crippen molar-refractivity contribution in [3.05, 3.63) is 36.2 Å². The van der Waals surface area contributed by atoms with Crippen molar-refractivity contribution in [3.8, 4) is 17.1 Å². The van der Waals surface area contributed by atoms with Gasteiger partial charge in [-0.15, -0.1) is 0 Å². The lowest BCUT2D eigenvalue weighted by Gasteiger charge is -2.11. The minimum absolute atomic E-state index is 0.0199. The van der Waals surface area contributed by atoms with E-state index >= 15 is 0 Å². The largest absolute Gasteiger partial charge is 0.479 e. The van der Waals surface area contributed by atoms with Crippen molar-refractivity contribution < 1.29 is 21.9 Å². The van der Waals surface area contributed by atoms with Gasteiger partial charge >= 0.3 is 0 Å². The maximum atomic E-state index is 12.6. The summed E-state index contributed by atoms with van der Waals surface area (Å²) in [5, 5.41) is 5.13. The van der Waals surface area contributed by atoms with Gasteiger partial charge in [-0.25, -0.2) is 32.3 Å². The molecule has 0 aliphatic carbocycles. The molecule has 2 N–H and O–H groups in total. The second-order valence-corrected chi connectivity index (χ2v) is 5.52. The first kappa shape index (κ1) is 15.3. The molecule has 0 radical (unpaired) electrons. The summed E-state index contributed by atoms with van der Waals surface area (Å²) in [4.78, 5) is 7.26. The highest BCUT2D eigenvalue weighted by Gasteiger charge is 2.21. The molecule has 0 aliphatic heterocycles. The SMILES string of the molecule is COc1nc(C(F)F)cnc1-c1ccccc1S(N)(=O)=O. The first-order valence-electron chi connectivity index (χ1n) is 5.66. The molecule has 1 heterocycles. The van der Waals surface area contributed by atoms with E-state index in [9.17, 15) is 17.2 Å². The molecule has 2 rings (SSSR count). The second-order valence-electron chi connectivity index (χ2n) is 3.99. The number of alkyl halides is 2. The van der Waals surface area contributed by atoms with Gasteiger partial charge in [-0.3, -0.25) is 0 Å². The Kier molecular flexibility index (Phi) is 4.14. The van der Waals surface area contributed by atoms with Gasteiger partial charge < -0.3 is 4.74 Å². The summed E-state index contributed by atoms with van der Waals surface area (Å²) in [5.74, 6) is -0.205. The molecule has 1 aromatic carbocycles. The number of rotatable bonds is 4. The third kappa shape index (κ3) is 3.14. The number of primary sulfonamides is 1. The lowest BCUT2D eigenvalue weighted by molar-refractivity contribution is 0.144. The number of nitrogens with two attached hydrogens (primary N) is 1. The van der Waals surface area contributed by atoms with Gasteiger partial charge in [0.2, 0.25) is 15.9 Å². The van der Waals surface area contributed by atoms with E-state index in [0.29, 0.717) is 0 Å². The van der Waals surface area contributed by atoms with Crippen LogP contribution in [0.3, 0.4) is 0 Å². The Morgan fingerprint density at radius 3 is 2.52 bits per heavy atom. The minimum atomic E-state index is -4.00. The van der Waals surface area contributed by atoms with Crippen molar-refractivity contribution in [2.75, 3.05) is 7.11 Å². The summed E-state index contributed by atoms with van der Waals surface area (Å²) in [5.41, 5.74) is -0.416. The zero-order chi connectivity index (χ0) is 15.6. The van der Waals surface area contributed by atoms with E-state index < -0.39 is 22.1 Å². The number of hydrogen-bond donors (Lipinski definition) is 1. The van der Waals surface area contributed by atoms with Crippen molar-refractivity contribution in [2.45, 2.75) is 11.3 Å². The number of hydrogen-bond acceptors (Lipinski definition) is 5. The average Bonchev–Trinajstić information content (AvgIpc) is 2.45. The first-order valence-corrected chi connectivity index (χ1v) is 7.20. The van der Waals surface area contributed by atoms with Crippen LogP contribution >= 0.6 is 0 Å². The molecule has 0 saturated carbocycles. The van der Waals surface area contributed by atoms with Gasteiger partial charge in [0.1, 0.15) is 11.4 Å². The van der Waals surface area contributed by atoms with E-state index in [4.69, 9.17) is 9.88 Å². The summed E-state index contributed by atoms with van der Waals surface area (Å²) < 4.78 is 53.3. The van der Waals surface area contributed by atoms with Crippen LogP contribution < -0.4 is 9.88 Å². The molecule has 0 spiro atoms. The van der Waals surface area contributed by atoms with Crippen LogP contribution in [0.1, 0.15) is 12.1 Å². The number of halogens is 2. The van der Waals surface area contributed by atoms with Crippen LogP contribution in [-0.2, 0) is 10.0 Å². The van der Waals surface area contributed by atoms with Crippen LogP contribution in [-0.4, -0.2) is 25.5 Å². The number of nitrogens with zero attached hydrogens (tertiary/aromatic N) is 2. The molecule has 2 aromatic rings. The average molecular weight is 315 g/mol. The zero-order valence-corrected chi connectivity index (χ0v) is 11.6. The molecule has 0 aliphatic rings. The molecule has 0 atom stereocenters. The molecular weight excluding hydrogens is 304 g/mol. The molecule has 0 fully saturated rings. The molecule has 112 valence electrons. The number of ether oxygens (including phenoxy) is 1. The highest BCUT2D eigenvalue weighted by atomic mass is 32.2. The maximum absolute atomic E-state index is 12.6. The number of methoxy groups -OCH3 is 1. The highest BCUT2D eigenvalue weighted by molar-refractivity contribution is 7.89. The summed E-state index contributed by atoms with van der Waals surface area (Å²) in [6, 6.07) is 5.77. The molecular formula is C12H11F2N3O3S. The molecule has 0 amide bonds. The fourth-order valence-electron chi connectivity index (χ4n) is 1.73. The van der Waals surface area contributed by atoms with Crippen LogP contribution in [0.25, 0.3) is 11.3 Å². The molecule has 0 bridgehead atoms. The van der Waals surface area contributed by atoms with Gasteiger partial charge in [-0.2, -0.15) is 0 Å². The monoisotopic (exact) mass is 315 g/mol. The van der Waals surface area contributed by atoms with Crippen molar-refractivity contribution in [3.63, 3.8) is 0 Å². The second kappa shape index (κ2) is 5.70. The standard InChI is InChI=1S/C12H11F2N3O3S/c1-20-12-10(16-6-8(17-12)11(13)14)7-4-2-3-5-9(7)21(15,18)19/h2-6,11H,1H3,(H2,15,18,19). The van der Waals surface area contributed by atoms with Crippen LogP contribution in [0.2, 0.25) is 0 Å². The lowest BCUT2D eigenvalue weighted by Crippen LogP contribution is -2.14. The first-order chi connectivity index (χ1) is 9.84. The van der Waals surface area contributed by atoms with Crippen LogP contribution in [0.4, 0.5) is 8.78 Å². The van der Waals surface area contributed by atoms with Crippen molar-refractivity contribution in [2.24, 2.45) is 5.14 Å². The van der Waals surface area contributed by atoms with Crippen LogP contribution in [0, 0.1) is 0 Å². The quantitative estimate of drug-likeness (QED) is 0.927. The van der Waals surface area contributed by atoms with E-state index in [2.05, 4.69) is 9.97 Å². The smallest absolute Gasteiger partial charge is 0.282 e. The normalized spacial score (nSPS) is 11.7. The summed E-state index contributed by atoms with van der Waals surface area (Å²) in [6.07, 6.45) is -1.95. The third-order valence-electron chi connectivity index (χ3n) is 2.62. The van der Waals surface area contributed by atoms with Gasteiger partial charge in [0.15, 0.2) is 0 Å². The summed E-state index contributed by atoms with van der Waals surface area (Å²) >= 11 is 0. The molecule has 0 saturated heterocycles. The van der Waals surface area contributed by atoms with Gasteiger partial charge in [-0.1, -0.05) is 18.2 Å². The molecule has 0 unspecified atom stereocenters. The van der Waals surface area contributed by atoms with Gasteiger partial charge in [0, 0.05) is 5.56 Å². The summed E-state index contributed by atoms with van der Waals surface area (Å²) in [6.45, 7) is 0. The van der Waals surface area contributed by atoms with Gasteiger partial charge in [0.25, 0.3) is 6.43 Å². The Hall–Kier alpha value is -2.13. The zero-order valence-electron chi connectivity index (χ0n) is 10.8. The Morgan fingerprint density at radius 1 is 1.29 bits per heavy atom. The third-order valence-corrected chi connectivity index (χ3v) is 3.59. The summed E-state index contributed by atoms with van der Waals surface area (Å²) in [7, 11) is -2.78. The van der Waals surface area contributed by atoms with Crippen molar-refractivity contribution >= 4 is 10.0 Å². The predicted octanol–water partition coefficient (Wildman–Crippen LogP) is 1.74. The number of sulfonamides is 1. The van der Waals surface area contributed by atoms with Crippen molar-refractivity contribution in [1.82, 2.24) is 9.97 Å².